The van der Waals surface area contributed by atoms with E-state index in [2.05, 4.69) is 31.0 Å². The molecule has 5 heteroatoms. The molecule has 0 aromatic carbocycles. The lowest BCUT2D eigenvalue weighted by molar-refractivity contribution is -0.185. The van der Waals surface area contributed by atoms with E-state index in [0.29, 0.717) is 13.1 Å². The lowest BCUT2D eigenvalue weighted by atomic mass is 9.96. The highest BCUT2D eigenvalue weighted by molar-refractivity contribution is 4.77. The van der Waals surface area contributed by atoms with Crippen LogP contribution in [0.15, 0.2) is 0 Å². The highest BCUT2D eigenvalue weighted by atomic mass is 19.4. The Labute approximate surface area is 127 Å². The first-order valence-electron chi connectivity index (χ1n) is 8.22. The van der Waals surface area contributed by atoms with Gasteiger partial charge in [-0.1, -0.05) is 12.8 Å². The van der Waals surface area contributed by atoms with Gasteiger partial charge in [0.15, 0.2) is 0 Å². The van der Waals surface area contributed by atoms with Crippen LogP contribution in [-0.4, -0.2) is 42.8 Å². The fourth-order valence-corrected chi connectivity index (χ4v) is 2.76. The third-order valence-corrected chi connectivity index (χ3v) is 4.11. The van der Waals surface area contributed by atoms with E-state index in [4.69, 9.17) is 0 Å². The molecular weight excluding hydrogens is 277 g/mol. The first-order valence-corrected chi connectivity index (χ1v) is 8.22. The van der Waals surface area contributed by atoms with Crippen LogP contribution in [-0.2, 0) is 0 Å². The van der Waals surface area contributed by atoms with Gasteiger partial charge in [-0.2, -0.15) is 13.2 Å². The number of nitrogens with zero attached hydrogens (tertiary/aromatic N) is 1. The van der Waals surface area contributed by atoms with Gasteiger partial charge in [0.2, 0.25) is 0 Å². The molecule has 21 heavy (non-hydrogen) atoms. The molecule has 0 amide bonds. The van der Waals surface area contributed by atoms with Crippen molar-refractivity contribution in [3.8, 4) is 0 Å². The summed E-state index contributed by atoms with van der Waals surface area (Å²) in [6.45, 7) is 9.70. The van der Waals surface area contributed by atoms with E-state index >= 15 is 0 Å². The number of unbranched alkanes of at least 4 members (excludes halogenated alkanes) is 3. The fraction of sp³-hybridized carbons (Fsp3) is 1.00. The van der Waals surface area contributed by atoms with Gasteiger partial charge in [0, 0.05) is 5.54 Å². The number of alkyl halides is 3. The van der Waals surface area contributed by atoms with Gasteiger partial charge in [-0.25, -0.2) is 0 Å². The summed E-state index contributed by atoms with van der Waals surface area (Å²) in [6, 6.07) is 0. The second-order valence-corrected chi connectivity index (χ2v) is 7.25. The molecule has 0 radical (unpaired) electrons. The van der Waals surface area contributed by atoms with Crippen molar-refractivity contribution in [1.29, 1.82) is 0 Å². The minimum atomic E-state index is -3.99. The first-order chi connectivity index (χ1) is 9.68. The zero-order chi connectivity index (χ0) is 15.9. The Morgan fingerprint density at radius 2 is 1.52 bits per heavy atom. The summed E-state index contributed by atoms with van der Waals surface area (Å²) in [7, 11) is 0. The third kappa shape index (κ3) is 8.67. The van der Waals surface area contributed by atoms with E-state index < -0.39 is 12.1 Å². The number of rotatable bonds is 7. The highest BCUT2D eigenvalue weighted by Crippen LogP contribution is 2.34. The summed E-state index contributed by atoms with van der Waals surface area (Å²) < 4.78 is 37.7. The molecule has 0 aromatic rings. The average molecular weight is 308 g/mol. The highest BCUT2D eigenvalue weighted by Gasteiger charge is 2.40. The molecule has 0 atom stereocenters. The summed E-state index contributed by atoms with van der Waals surface area (Å²) in [4.78, 5) is 2.19. The van der Waals surface area contributed by atoms with Gasteiger partial charge >= 0.3 is 6.18 Å². The number of piperidine rings is 1. The molecule has 1 aliphatic heterocycles. The molecule has 1 N–H and O–H groups in total. The van der Waals surface area contributed by atoms with E-state index in [1.165, 1.54) is 19.3 Å². The second kappa shape index (κ2) is 8.37. The van der Waals surface area contributed by atoms with Gasteiger partial charge in [0.1, 0.15) is 0 Å². The molecule has 126 valence electrons. The minimum Gasteiger partial charge on any atom is -0.312 e. The predicted molar refractivity (Wildman–Crippen MR) is 81.4 cm³/mol. The van der Waals surface area contributed by atoms with Crippen molar-refractivity contribution in [2.24, 2.45) is 5.92 Å². The average Bonchev–Trinajstić information content (AvgIpc) is 2.36. The van der Waals surface area contributed by atoms with Crippen LogP contribution in [0, 0.1) is 5.92 Å². The zero-order valence-corrected chi connectivity index (χ0v) is 13.7. The molecular formula is C16H31F3N2. The van der Waals surface area contributed by atoms with Crippen LogP contribution in [0.25, 0.3) is 0 Å². The Morgan fingerprint density at radius 3 is 2.05 bits per heavy atom. The van der Waals surface area contributed by atoms with E-state index in [1.54, 1.807) is 0 Å². The van der Waals surface area contributed by atoms with Gasteiger partial charge in [-0.3, -0.25) is 0 Å². The van der Waals surface area contributed by atoms with Crippen LogP contribution in [0.3, 0.4) is 0 Å². The van der Waals surface area contributed by atoms with Crippen LogP contribution in [0.5, 0.6) is 0 Å². The fourth-order valence-electron chi connectivity index (χ4n) is 2.76. The molecule has 0 aromatic heterocycles. The molecule has 1 fully saturated rings. The number of hydrogen-bond acceptors (Lipinski definition) is 2. The van der Waals surface area contributed by atoms with Crippen molar-refractivity contribution < 1.29 is 13.2 Å². The molecule has 0 unspecified atom stereocenters. The first kappa shape index (κ1) is 18.8. The van der Waals surface area contributed by atoms with E-state index in [0.717, 1.165) is 19.5 Å². The number of hydrogen-bond donors (Lipinski definition) is 1. The molecule has 2 nitrogen and oxygen atoms in total. The quantitative estimate of drug-likeness (QED) is 0.709. The summed E-state index contributed by atoms with van der Waals surface area (Å²) in [6.07, 6.45) is 1.21. The van der Waals surface area contributed by atoms with E-state index in [1.807, 2.05) is 0 Å². The van der Waals surface area contributed by atoms with Gasteiger partial charge < -0.3 is 10.2 Å². The Morgan fingerprint density at radius 1 is 0.952 bits per heavy atom. The van der Waals surface area contributed by atoms with E-state index in [-0.39, 0.29) is 18.4 Å². The maximum atomic E-state index is 12.6. The molecule has 0 spiro atoms. The monoisotopic (exact) mass is 308 g/mol. The van der Waals surface area contributed by atoms with Crippen LogP contribution < -0.4 is 5.32 Å². The molecule has 1 heterocycles. The third-order valence-electron chi connectivity index (χ3n) is 4.11. The Balaban J connectivity index is 1.98. The molecule has 0 saturated carbocycles. The van der Waals surface area contributed by atoms with Gasteiger partial charge in [0.25, 0.3) is 0 Å². The number of halogens is 3. The predicted octanol–water partition coefficient (Wildman–Crippen LogP) is 4.21. The van der Waals surface area contributed by atoms with Gasteiger partial charge in [-0.15, -0.1) is 0 Å². The Hall–Kier alpha value is -0.290. The smallest absolute Gasteiger partial charge is 0.312 e. The van der Waals surface area contributed by atoms with Crippen molar-refractivity contribution in [3.63, 3.8) is 0 Å². The standard InChI is InChI=1S/C16H31F3N2/c1-15(2,3)20-10-6-4-5-7-11-21-12-8-14(9-13-21)16(17,18)19/h14,20H,4-13H2,1-3H3. The molecule has 1 saturated heterocycles. The Kier molecular flexibility index (Phi) is 7.48. The normalized spacial score (nSPS) is 19.1. The number of nitrogens with one attached hydrogen (secondary N) is 1. The van der Waals surface area contributed by atoms with Crippen LogP contribution in [0.4, 0.5) is 13.2 Å². The van der Waals surface area contributed by atoms with Crippen molar-refractivity contribution in [3.05, 3.63) is 0 Å². The molecule has 0 bridgehead atoms. The lowest BCUT2D eigenvalue weighted by Gasteiger charge is -2.32. The maximum absolute atomic E-state index is 12.6. The van der Waals surface area contributed by atoms with Gasteiger partial charge in [0.05, 0.1) is 5.92 Å². The van der Waals surface area contributed by atoms with Crippen molar-refractivity contribution in [2.45, 2.75) is 71.0 Å². The number of likely N-dealkylation sites (tertiary alicyclic amines) is 1. The summed E-state index contributed by atoms with van der Waals surface area (Å²) in [5.41, 5.74) is 0.183. The van der Waals surface area contributed by atoms with Crippen molar-refractivity contribution in [2.75, 3.05) is 26.2 Å². The SMILES string of the molecule is CC(C)(C)NCCCCCCN1CCC(C(F)(F)F)CC1. The van der Waals surface area contributed by atoms with Crippen molar-refractivity contribution in [1.82, 2.24) is 10.2 Å². The lowest BCUT2D eigenvalue weighted by Crippen LogP contribution is -2.39. The topological polar surface area (TPSA) is 15.3 Å². The summed E-state index contributed by atoms with van der Waals surface area (Å²) >= 11 is 0. The zero-order valence-electron chi connectivity index (χ0n) is 13.7. The van der Waals surface area contributed by atoms with Crippen LogP contribution in [0.2, 0.25) is 0 Å². The largest absolute Gasteiger partial charge is 0.391 e. The summed E-state index contributed by atoms with van der Waals surface area (Å²) in [5, 5.41) is 3.46. The van der Waals surface area contributed by atoms with Crippen LogP contribution >= 0.6 is 0 Å². The Bertz CT molecular complexity index is 276. The van der Waals surface area contributed by atoms with Crippen molar-refractivity contribution >= 4 is 0 Å². The molecule has 1 rings (SSSR count). The van der Waals surface area contributed by atoms with Gasteiger partial charge in [-0.05, 0) is 72.6 Å². The maximum Gasteiger partial charge on any atom is 0.391 e. The van der Waals surface area contributed by atoms with E-state index in [9.17, 15) is 13.2 Å². The van der Waals surface area contributed by atoms with Crippen LogP contribution in [0.1, 0.15) is 59.3 Å². The summed E-state index contributed by atoms with van der Waals surface area (Å²) in [5.74, 6) is -1.07. The molecule has 0 aliphatic carbocycles. The molecule has 1 aliphatic rings. The second-order valence-electron chi connectivity index (χ2n) is 7.25. The minimum absolute atomic E-state index is 0.183.